The third-order valence-electron chi connectivity index (χ3n) is 5.98. The Balaban J connectivity index is 2.18. The molecule has 0 aliphatic carbocycles. The summed E-state index contributed by atoms with van der Waals surface area (Å²) in [5.41, 5.74) is 1.21. The zero-order valence-electron chi connectivity index (χ0n) is 21.5. The van der Waals surface area contributed by atoms with Crippen LogP contribution in [0, 0.1) is 0 Å². The molecule has 8 nitrogen and oxygen atoms in total. The molecule has 198 valence electrons. The van der Waals surface area contributed by atoms with E-state index < -0.39 is 16.1 Å². The summed E-state index contributed by atoms with van der Waals surface area (Å²) in [5.74, 6) is 0.105. The van der Waals surface area contributed by atoms with Crippen LogP contribution in [0.5, 0.6) is 5.75 Å². The van der Waals surface area contributed by atoms with Crippen molar-refractivity contribution in [3.63, 3.8) is 0 Å². The van der Waals surface area contributed by atoms with E-state index in [4.69, 9.17) is 16.3 Å². The number of hydrogen-bond acceptors (Lipinski definition) is 5. The van der Waals surface area contributed by atoms with Crippen LogP contribution in [0.4, 0.5) is 5.69 Å². The van der Waals surface area contributed by atoms with Gasteiger partial charge in [-0.15, -0.1) is 0 Å². The largest absolute Gasteiger partial charge is 0.497 e. The Bertz CT molecular complexity index is 1120. The fourth-order valence-corrected chi connectivity index (χ4v) is 4.77. The molecule has 10 heteroatoms. The van der Waals surface area contributed by atoms with E-state index in [1.165, 1.54) is 16.3 Å². The zero-order valence-corrected chi connectivity index (χ0v) is 23.1. The number of anilines is 1. The molecule has 1 N–H and O–H groups in total. The van der Waals surface area contributed by atoms with Gasteiger partial charge in [0, 0.05) is 30.6 Å². The van der Waals surface area contributed by atoms with Crippen molar-refractivity contribution in [2.45, 2.75) is 58.7 Å². The van der Waals surface area contributed by atoms with Crippen molar-refractivity contribution in [3.05, 3.63) is 59.1 Å². The maximum absolute atomic E-state index is 13.3. The van der Waals surface area contributed by atoms with Crippen molar-refractivity contribution >= 4 is 39.1 Å². The van der Waals surface area contributed by atoms with E-state index >= 15 is 0 Å². The number of amides is 2. The molecule has 0 unspecified atom stereocenters. The normalized spacial score (nSPS) is 12.9. The number of benzene rings is 2. The average Bonchev–Trinajstić information content (AvgIpc) is 2.84. The van der Waals surface area contributed by atoms with E-state index in [1.807, 2.05) is 26.0 Å². The summed E-state index contributed by atoms with van der Waals surface area (Å²) in [6.45, 7) is 5.85. The van der Waals surface area contributed by atoms with Gasteiger partial charge in [-0.25, -0.2) is 8.42 Å². The number of hydrogen-bond donors (Lipinski definition) is 1. The highest BCUT2D eigenvalue weighted by Gasteiger charge is 2.27. The van der Waals surface area contributed by atoms with Gasteiger partial charge in [-0.3, -0.25) is 13.9 Å². The molecule has 0 saturated heterocycles. The number of sulfonamides is 1. The first-order valence-electron chi connectivity index (χ1n) is 11.9. The van der Waals surface area contributed by atoms with Crippen LogP contribution in [-0.2, 0) is 26.2 Å². The first-order valence-corrected chi connectivity index (χ1v) is 14.2. The monoisotopic (exact) mass is 537 g/mol. The van der Waals surface area contributed by atoms with Crippen LogP contribution >= 0.6 is 11.6 Å². The van der Waals surface area contributed by atoms with Gasteiger partial charge in [-0.05, 0) is 62.6 Å². The number of methoxy groups -OCH3 is 1. The van der Waals surface area contributed by atoms with Crippen molar-refractivity contribution in [1.29, 1.82) is 0 Å². The molecular formula is C26H36ClN3O5S. The standard InChI is InChI=1S/C26H36ClN3O5S/c1-6-19(2)28-26(32)20(3)29(18-21-10-7-8-11-24(21)27)25(31)12-9-17-30(36(5,33)34)22-13-15-23(35-4)16-14-22/h7-8,10-11,13-16,19-20H,6,9,12,17-18H2,1-5H3,(H,28,32)/t19-,20-/m1/s1. The SMILES string of the molecule is CC[C@@H](C)NC(=O)[C@@H](C)N(Cc1ccccc1Cl)C(=O)CCCN(c1ccc(OC)cc1)S(C)(=O)=O. The van der Waals surface area contributed by atoms with Crippen LogP contribution < -0.4 is 14.4 Å². The second-order valence-corrected chi connectivity index (χ2v) is 11.1. The summed E-state index contributed by atoms with van der Waals surface area (Å²) in [6, 6.07) is 13.1. The number of rotatable bonds is 13. The van der Waals surface area contributed by atoms with E-state index in [2.05, 4.69) is 5.32 Å². The third-order valence-corrected chi connectivity index (χ3v) is 7.54. The molecule has 0 radical (unpaired) electrons. The van der Waals surface area contributed by atoms with Crippen molar-refractivity contribution in [1.82, 2.24) is 10.2 Å². The molecule has 2 rings (SSSR count). The van der Waals surface area contributed by atoms with E-state index in [0.29, 0.717) is 16.5 Å². The summed E-state index contributed by atoms with van der Waals surface area (Å²) in [5, 5.41) is 3.43. The molecule has 2 aromatic carbocycles. The van der Waals surface area contributed by atoms with Gasteiger partial charge in [0.05, 0.1) is 19.1 Å². The zero-order chi connectivity index (χ0) is 26.9. The summed E-state index contributed by atoms with van der Waals surface area (Å²) in [4.78, 5) is 27.7. The molecule has 0 bridgehead atoms. The van der Waals surface area contributed by atoms with Gasteiger partial charge in [0.15, 0.2) is 0 Å². The third kappa shape index (κ3) is 8.41. The van der Waals surface area contributed by atoms with Crippen molar-refractivity contribution in [3.8, 4) is 5.75 Å². The number of nitrogens with one attached hydrogen (secondary N) is 1. The summed E-state index contributed by atoms with van der Waals surface area (Å²) < 4.78 is 31.3. The lowest BCUT2D eigenvalue weighted by atomic mass is 10.1. The molecule has 2 atom stereocenters. The number of carbonyl (C=O) groups excluding carboxylic acids is 2. The highest BCUT2D eigenvalue weighted by atomic mass is 35.5. The van der Waals surface area contributed by atoms with Gasteiger partial charge >= 0.3 is 0 Å². The fraction of sp³-hybridized carbons (Fsp3) is 0.462. The molecule has 0 saturated carbocycles. The molecule has 0 aliphatic heterocycles. The second-order valence-electron chi connectivity index (χ2n) is 8.74. The second kappa shape index (κ2) is 13.5. The highest BCUT2D eigenvalue weighted by molar-refractivity contribution is 7.92. The molecule has 0 aromatic heterocycles. The summed E-state index contributed by atoms with van der Waals surface area (Å²) in [7, 11) is -2.03. The highest BCUT2D eigenvalue weighted by Crippen LogP contribution is 2.23. The van der Waals surface area contributed by atoms with E-state index in [0.717, 1.165) is 18.2 Å². The van der Waals surface area contributed by atoms with E-state index in [9.17, 15) is 18.0 Å². The molecule has 0 spiro atoms. The Morgan fingerprint density at radius 3 is 2.28 bits per heavy atom. The lowest BCUT2D eigenvalue weighted by Crippen LogP contribution is -2.49. The minimum Gasteiger partial charge on any atom is -0.497 e. The van der Waals surface area contributed by atoms with Crippen LogP contribution in [0.3, 0.4) is 0 Å². The molecule has 2 amide bonds. The maximum Gasteiger partial charge on any atom is 0.242 e. The van der Waals surface area contributed by atoms with Crippen molar-refractivity contribution in [2.75, 3.05) is 24.2 Å². The molecule has 2 aromatic rings. The Morgan fingerprint density at radius 2 is 1.72 bits per heavy atom. The average molecular weight is 538 g/mol. The molecule has 36 heavy (non-hydrogen) atoms. The first-order chi connectivity index (χ1) is 17.0. The topological polar surface area (TPSA) is 96.0 Å². The Hall–Kier alpha value is -2.78. The number of carbonyl (C=O) groups is 2. The van der Waals surface area contributed by atoms with E-state index in [-0.39, 0.29) is 43.8 Å². The van der Waals surface area contributed by atoms with Gasteiger partial charge < -0.3 is 15.0 Å². The number of ether oxygens (including phenoxy) is 1. The lowest BCUT2D eigenvalue weighted by Gasteiger charge is -2.30. The number of nitrogens with zero attached hydrogens (tertiary/aromatic N) is 2. The predicted octanol–water partition coefficient (Wildman–Crippen LogP) is 4.23. The fourth-order valence-electron chi connectivity index (χ4n) is 3.61. The molecule has 0 heterocycles. The molecular weight excluding hydrogens is 502 g/mol. The van der Waals surface area contributed by atoms with Crippen molar-refractivity contribution < 1.29 is 22.7 Å². The minimum absolute atomic E-state index is 0.0231. The summed E-state index contributed by atoms with van der Waals surface area (Å²) in [6.07, 6.45) is 2.23. The Kier molecular flexibility index (Phi) is 11.0. The van der Waals surface area contributed by atoms with Crippen LogP contribution in [0.15, 0.2) is 48.5 Å². The first kappa shape index (κ1) is 29.5. The van der Waals surface area contributed by atoms with Gasteiger partial charge in [-0.1, -0.05) is 36.7 Å². The molecule has 0 aliphatic rings. The van der Waals surface area contributed by atoms with Gasteiger partial charge in [0.2, 0.25) is 21.8 Å². The lowest BCUT2D eigenvalue weighted by molar-refractivity contribution is -0.140. The maximum atomic E-state index is 13.3. The smallest absolute Gasteiger partial charge is 0.242 e. The number of halogens is 1. The van der Waals surface area contributed by atoms with E-state index in [1.54, 1.807) is 43.3 Å². The predicted molar refractivity (Wildman–Crippen MR) is 144 cm³/mol. The van der Waals surface area contributed by atoms with Crippen LogP contribution in [0.1, 0.15) is 45.6 Å². The van der Waals surface area contributed by atoms with Crippen LogP contribution in [-0.4, -0.2) is 57.1 Å². The van der Waals surface area contributed by atoms with Gasteiger partial charge in [0.1, 0.15) is 11.8 Å². The quantitative estimate of drug-likeness (QED) is 0.412. The van der Waals surface area contributed by atoms with Gasteiger partial charge in [-0.2, -0.15) is 0 Å². The van der Waals surface area contributed by atoms with Crippen LogP contribution in [0.25, 0.3) is 0 Å². The Morgan fingerprint density at radius 1 is 1.08 bits per heavy atom. The van der Waals surface area contributed by atoms with Crippen molar-refractivity contribution in [2.24, 2.45) is 0 Å². The molecule has 0 fully saturated rings. The van der Waals surface area contributed by atoms with Gasteiger partial charge in [0.25, 0.3) is 0 Å². The summed E-state index contributed by atoms with van der Waals surface area (Å²) >= 11 is 6.33. The minimum atomic E-state index is -3.57. The Labute approximate surface area is 219 Å². The van der Waals surface area contributed by atoms with Crippen LogP contribution in [0.2, 0.25) is 5.02 Å².